The summed E-state index contributed by atoms with van der Waals surface area (Å²) in [6.45, 7) is -0.160. The van der Waals surface area contributed by atoms with Crippen LogP contribution in [0.1, 0.15) is 52.1 Å². The fraction of sp³-hybridized carbons (Fsp3) is 0.391. The Kier molecular flexibility index (Phi) is 5.30. The molecule has 0 saturated heterocycles. The first-order chi connectivity index (χ1) is 15.8. The van der Waals surface area contributed by atoms with E-state index >= 15 is 0 Å². The number of hydrogen-bond donors (Lipinski definition) is 1. The van der Waals surface area contributed by atoms with E-state index in [1.165, 1.54) is 17.0 Å². The Bertz CT molecular complexity index is 1200. The zero-order valence-electron chi connectivity index (χ0n) is 18.1. The Morgan fingerprint density at radius 3 is 2.67 bits per heavy atom. The maximum absolute atomic E-state index is 13.5. The van der Waals surface area contributed by atoms with Crippen LogP contribution in [0.15, 0.2) is 36.7 Å². The molecule has 2 aromatic heterocycles. The summed E-state index contributed by atoms with van der Waals surface area (Å²) in [6.07, 6.45) is 1.61. The summed E-state index contributed by atoms with van der Waals surface area (Å²) in [5.74, 6) is 1.33. The van der Waals surface area contributed by atoms with Gasteiger partial charge in [0.2, 0.25) is 0 Å². The Hall–Kier alpha value is -3.43. The third kappa shape index (κ3) is 4.17. The second-order valence-electron chi connectivity index (χ2n) is 8.57. The summed E-state index contributed by atoms with van der Waals surface area (Å²) in [7, 11) is 1.87. The molecule has 0 unspecified atom stereocenters. The van der Waals surface area contributed by atoms with Crippen molar-refractivity contribution in [3.05, 3.63) is 64.7 Å². The number of nitrogens with one attached hydrogen (secondary N) is 1. The number of alkyl halides is 3. The van der Waals surface area contributed by atoms with Gasteiger partial charge in [-0.3, -0.25) is 9.69 Å². The van der Waals surface area contributed by atoms with Crippen molar-refractivity contribution in [2.75, 3.05) is 10.2 Å². The first-order valence-electron chi connectivity index (χ1n) is 10.9. The van der Waals surface area contributed by atoms with Gasteiger partial charge in [0.15, 0.2) is 0 Å². The monoisotopic (exact) mass is 456 g/mol. The van der Waals surface area contributed by atoms with E-state index in [1.54, 1.807) is 12.4 Å². The number of anilines is 2. The molecule has 1 N–H and O–H groups in total. The molecular weight excluding hydrogens is 433 g/mol. The summed E-state index contributed by atoms with van der Waals surface area (Å²) in [6, 6.07) is 7.77. The number of hydrogen-bond acceptors (Lipinski definition) is 5. The van der Waals surface area contributed by atoms with Crippen molar-refractivity contribution in [2.45, 2.75) is 50.9 Å². The standard InChI is InChI=1S/C23H23F3N6O/c1-31-13-27-30-20(31)9-8-14-10-19(28-15-4-2-5-15)29-21(11-14)32-12-17-16(22(32)33)6-3-7-18(17)23(24,25)26/h3,6-7,10-11,13,15H,2,4-5,8-9,12H2,1H3,(H,28,29). The predicted molar refractivity (Wildman–Crippen MR) is 116 cm³/mol. The lowest BCUT2D eigenvalue weighted by Crippen LogP contribution is -2.29. The number of pyridine rings is 1. The SMILES string of the molecule is Cn1cnnc1CCc1cc(NC2CCC2)nc(N2Cc3c(cccc3C(F)(F)F)C2=O)c1. The molecule has 1 aliphatic heterocycles. The van der Waals surface area contributed by atoms with Crippen molar-refractivity contribution in [2.24, 2.45) is 7.05 Å². The van der Waals surface area contributed by atoms with Crippen LogP contribution in [0.4, 0.5) is 24.8 Å². The van der Waals surface area contributed by atoms with Gasteiger partial charge in [-0.1, -0.05) is 6.07 Å². The molecule has 0 bridgehead atoms. The number of amides is 1. The van der Waals surface area contributed by atoms with E-state index in [4.69, 9.17) is 0 Å². The average molecular weight is 456 g/mol. The van der Waals surface area contributed by atoms with E-state index in [9.17, 15) is 18.0 Å². The Morgan fingerprint density at radius 1 is 1.18 bits per heavy atom. The van der Waals surface area contributed by atoms with Gasteiger partial charge in [0.1, 0.15) is 23.8 Å². The van der Waals surface area contributed by atoms with Crippen LogP contribution in [-0.2, 0) is 32.6 Å². The highest BCUT2D eigenvalue weighted by atomic mass is 19.4. The number of aromatic nitrogens is 4. The van der Waals surface area contributed by atoms with Crippen LogP contribution in [0.5, 0.6) is 0 Å². The van der Waals surface area contributed by atoms with Crippen LogP contribution in [-0.4, -0.2) is 31.7 Å². The van der Waals surface area contributed by atoms with Crippen LogP contribution >= 0.6 is 0 Å². The molecule has 2 aliphatic rings. The van der Waals surface area contributed by atoms with E-state index in [1.807, 2.05) is 17.7 Å². The van der Waals surface area contributed by atoms with Crippen LogP contribution in [0.2, 0.25) is 0 Å². The molecule has 1 fully saturated rings. The molecule has 10 heteroatoms. The third-order valence-corrected chi connectivity index (χ3v) is 6.32. The summed E-state index contributed by atoms with van der Waals surface area (Å²) in [5.41, 5.74) is 0.214. The number of fused-ring (bicyclic) bond motifs is 1. The van der Waals surface area contributed by atoms with E-state index < -0.39 is 17.6 Å². The van der Waals surface area contributed by atoms with Crippen molar-refractivity contribution in [3.8, 4) is 0 Å². The summed E-state index contributed by atoms with van der Waals surface area (Å²) < 4.78 is 42.4. The molecule has 172 valence electrons. The molecule has 0 spiro atoms. The van der Waals surface area contributed by atoms with Crippen molar-refractivity contribution in [1.29, 1.82) is 0 Å². The van der Waals surface area contributed by atoms with Gasteiger partial charge in [0.25, 0.3) is 5.91 Å². The number of halogens is 3. The maximum Gasteiger partial charge on any atom is 0.416 e. The highest BCUT2D eigenvalue weighted by Gasteiger charge is 2.40. The molecule has 0 radical (unpaired) electrons. The van der Waals surface area contributed by atoms with Gasteiger partial charge in [0.05, 0.1) is 12.1 Å². The van der Waals surface area contributed by atoms with Crippen molar-refractivity contribution >= 4 is 17.5 Å². The molecule has 1 amide bonds. The van der Waals surface area contributed by atoms with Gasteiger partial charge >= 0.3 is 6.18 Å². The summed E-state index contributed by atoms with van der Waals surface area (Å²) in [4.78, 5) is 19.0. The van der Waals surface area contributed by atoms with Crippen molar-refractivity contribution in [1.82, 2.24) is 19.7 Å². The van der Waals surface area contributed by atoms with E-state index in [0.717, 1.165) is 36.7 Å². The van der Waals surface area contributed by atoms with Gasteiger partial charge < -0.3 is 9.88 Å². The Balaban J connectivity index is 1.46. The van der Waals surface area contributed by atoms with Gasteiger partial charge in [-0.25, -0.2) is 4.98 Å². The molecule has 3 aromatic rings. The third-order valence-electron chi connectivity index (χ3n) is 6.32. The Labute approximate surface area is 188 Å². The lowest BCUT2D eigenvalue weighted by atomic mass is 9.93. The lowest BCUT2D eigenvalue weighted by molar-refractivity contribution is -0.138. The largest absolute Gasteiger partial charge is 0.416 e. The smallest absolute Gasteiger partial charge is 0.367 e. The van der Waals surface area contributed by atoms with Gasteiger partial charge in [-0.2, -0.15) is 13.2 Å². The first-order valence-corrected chi connectivity index (χ1v) is 10.9. The number of carbonyl (C=O) groups is 1. The molecule has 0 atom stereocenters. The number of nitrogens with zero attached hydrogens (tertiary/aromatic N) is 5. The van der Waals surface area contributed by atoms with E-state index in [0.29, 0.717) is 30.5 Å². The van der Waals surface area contributed by atoms with Gasteiger partial charge in [-0.05, 0) is 61.1 Å². The molecule has 1 saturated carbocycles. The zero-order chi connectivity index (χ0) is 23.2. The molecule has 3 heterocycles. The minimum atomic E-state index is -4.52. The van der Waals surface area contributed by atoms with E-state index in [2.05, 4.69) is 20.5 Å². The van der Waals surface area contributed by atoms with Crippen LogP contribution in [0.3, 0.4) is 0 Å². The van der Waals surface area contributed by atoms with Crippen LogP contribution < -0.4 is 10.2 Å². The topological polar surface area (TPSA) is 75.9 Å². The second-order valence-corrected chi connectivity index (χ2v) is 8.57. The zero-order valence-corrected chi connectivity index (χ0v) is 18.1. The minimum absolute atomic E-state index is 0.00482. The summed E-state index contributed by atoms with van der Waals surface area (Å²) in [5, 5.41) is 11.4. The average Bonchev–Trinajstić information content (AvgIpc) is 3.31. The number of benzene rings is 1. The molecule has 33 heavy (non-hydrogen) atoms. The van der Waals surface area contributed by atoms with Gasteiger partial charge in [0, 0.05) is 25.1 Å². The van der Waals surface area contributed by atoms with Crippen molar-refractivity contribution < 1.29 is 18.0 Å². The number of carbonyl (C=O) groups excluding carboxylic acids is 1. The highest BCUT2D eigenvalue weighted by molar-refractivity contribution is 6.10. The molecular formula is C23H23F3N6O. The van der Waals surface area contributed by atoms with Gasteiger partial charge in [-0.15, -0.1) is 10.2 Å². The normalized spacial score (nSPS) is 16.1. The number of rotatable bonds is 6. The van der Waals surface area contributed by atoms with E-state index in [-0.39, 0.29) is 17.7 Å². The molecule has 1 aromatic carbocycles. The lowest BCUT2D eigenvalue weighted by Gasteiger charge is -2.28. The molecule has 1 aliphatic carbocycles. The van der Waals surface area contributed by atoms with Crippen LogP contribution in [0, 0.1) is 0 Å². The maximum atomic E-state index is 13.5. The minimum Gasteiger partial charge on any atom is -0.367 e. The molecule has 7 nitrogen and oxygen atoms in total. The Morgan fingerprint density at radius 2 is 2.00 bits per heavy atom. The quantitative estimate of drug-likeness (QED) is 0.604. The highest BCUT2D eigenvalue weighted by Crippen LogP contribution is 2.38. The fourth-order valence-corrected chi connectivity index (χ4v) is 4.26. The first kappa shape index (κ1) is 21.4. The number of aryl methyl sites for hydroxylation is 3. The molecule has 5 rings (SSSR count). The fourth-order valence-electron chi connectivity index (χ4n) is 4.26. The van der Waals surface area contributed by atoms with Crippen molar-refractivity contribution in [3.63, 3.8) is 0 Å². The summed E-state index contributed by atoms with van der Waals surface area (Å²) >= 11 is 0. The second kappa shape index (κ2) is 8.17. The van der Waals surface area contributed by atoms with Crippen LogP contribution in [0.25, 0.3) is 0 Å². The predicted octanol–water partition coefficient (Wildman–Crippen LogP) is 4.14.